The van der Waals surface area contributed by atoms with E-state index in [2.05, 4.69) is 15.1 Å². The third-order valence-electron chi connectivity index (χ3n) is 5.64. The number of likely N-dealkylation sites (tertiary alicyclic amines) is 1. The van der Waals surface area contributed by atoms with E-state index >= 15 is 0 Å². The summed E-state index contributed by atoms with van der Waals surface area (Å²) in [5.74, 6) is 1.14. The van der Waals surface area contributed by atoms with Crippen molar-refractivity contribution in [2.24, 2.45) is 5.92 Å². The molecule has 138 valence electrons. The summed E-state index contributed by atoms with van der Waals surface area (Å²) in [4.78, 5) is 24.6. The highest BCUT2D eigenvalue weighted by atomic mass is 19.1. The van der Waals surface area contributed by atoms with Crippen molar-refractivity contribution in [3.63, 3.8) is 0 Å². The van der Waals surface area contributed by atoms with Crippen LogP contribution in [0.1, 0.15) is 29.9 Å². The Balaban J connectivity index is 1.50. The van der Waals surface area contributed by atoms with Crippen molar-refractivity contribution in [1.29, 1.82) is 0 Å². The lowest BCUT2D eigenvalue weighted by atomic mass is 9.92. The number of carbonyl (C=O) groups excluding carboxylic acids is 1. The molecular formula is C18H22FN5O2. The van der Waals surface area contributed by atoms with Crippen molar-refractivity contribution < 1.29 is 13.7 Å². The van der Waals surface area contributed by atoms with Crippen LogP contribution in [-0.2, 0) is 11.2 Å². The van der Waals surface area contributed by atoms with Gasteiger partial charge in [0.2, 0.25) is 5.91 Å². The summed E-state index contributed by atoms with van der Waals surface area (Å²) in [5, 5.41) is 3.93. The Morgan fingerprint density at radius 3 is 2.88 bits per heavy atom. The first-order valence-corrected chi connectivity index (χ1v) is 8.96. The quantitative estimate of drug-likeness (QED) is 0.833. The minimum Gasteiger partial charge on any atom is -0.361 e. The molecule has 2 fully saturated rings. The Morgan fingerprint density at radius 1 is 1.35 bits per heavy atom. The second-order valence-electron chi connectivity index (χ2n) is 7.11. The van der Waals surface area contributed by atoms with Gasteiger partial charge in [0, 0.05) is 25.2 Å². The lowest BCUT2D eigenvalue weighted by Crippen LogP contribution is -2.50. The molecule has 7 nitrogen and oxygen atoms in total. The number of fused-ring (bicyclic) bond motifs is 1. The number of rotatable bonds is 3. The van der Waals surface area contributed by atoms with Gasteiger partial charge in [0.1, 0.15) is 12.1 Å². The molecule has 0 spiro atoms. The van der Waals surface area contributed by atoms with E-state index in [1.807, 2.05) is 23.6 Å². The molecule has 0 saturated carbocycles. The van der Waals surface area contributed by atoms with Crippen LogP contribution in [0.3, 0.4) is 0 Å². The Hall–Kier alpha value is -2.51. The van der Waals surface area contributed by atoms with Crippen LogP contribution < -0.4 is 4.90 Å². The average molecular weight is 359 g/mol. The maximum atomic E-state index is 14.0. The number of amides is 1. The molecule has 26 heavy (non-hydrogen) atoms. The lowest BCUT2D eigenvalue weighted by Gasteiger charge is -2.39. The van der Waals surface area contributed by atoms with E-state index in [0.29, 0.717) is 30.5 Å². The molecule has 0 N–H and O–H groups in total. The van der Waals surface area contributed by atoms with Gasteiger partial charge in [-0.15, -0.1) is 0 Å². The molecule has 0 aromatic carbocycles. The molecule has 0 bridgehead atoms. The first-order valence-electron chi connectivity index (χ1n) is 8.96. The first-order chi connectivity index (χ1) is 12.5. The van der Waals surface area contributed by atoms with Crippen molar-refractivity contribution in [2.75, 3.05) is 24.5 Å². The SMILES string of the molecule is Cc1noc(C)c1CC(=O)N1CCC2CCN(c3ncncc3F)CC21. The number of carbonyl (C=O) groups is 1. The standard InChI is InChI=1S/C18H22FN5O2/c1-11-14(12(2)26-22-11)7-17(25)24-6-4-13-3-5-23(9-16(13)24)18-15(19)8-20-10-21-18/h8,10,13,16H,3-7,9H2,1-2H3. The van der Waals surface area contributed by atoms with Gasteiger partial charge in [0.05, 0.1) is 24.4 Å². The Morgan fingerprint density at radius 2 is 2.15 bits per heavy atom. The van der Waals surface area contributed by atoms with Crippen molar-refractivity contribution >= 4 is 11.7 Å². The summed E-state index contributed by atoms with van der Waals surface area (Å²) >= 11 is 0. The topological polar surface area (TPSA) is 75.4 Å². The zero-order valence-corrected chi connectivity index (χ0v) is 15.0. The van der Waals surface area contributed by atoms with Crippen LogP contribution >= 0.6 is 0 Å². The predicted molar refractivity (Wildman–Crippen MR) is 92.1 cm³/mol. The Kier molecular flexibility index (Phi) is 4.34. The number of halogens is 1. The molecule has 2 unspecified atom stereocenters. The van der Waals surface area contributed by atoms with Crippen molar-refractivity contribution in [2.45, 2.75) is 39.2 Å². The number of hydrogen-bond acceptors (Lipinski definition) is 6. The smallest absolute Gasteiger partial charge is 0.227 e. The number of anilines is 1. The van der Waals surface area contributed by atoms with Crippen LogP contribution in [0, 0.1) is 25.6 Å². The maximum Gasteiger partial charge on any atom is 0.227 e. The van der Waals surface area contributed by atoms with E-state index in [9.17, 15) is 9.18 Å². The van der Waals surface area contributed by atoms with Gasteiger partial charge in [-0.2, -0.15) is 0 Å². The lowest BCUT2D eigenvalue weighted by molar-refractivity contribution is -0.131. The fourth-order valence-corrected chi connectivity index (χ4v) is 4.19. The molecule has 2 aliphatic heterocycles. The van der Waals surface area contributed by atoms with E-state index in [-0.39, 0.29) is 11.9 Å². The fraction of sp³-hybridized carbons (Fsp3) is 0.556. The zero-order valence-electron chi connectivity index (χ0n) is 15.0. The highest BCUT2D eigenvalue weighted by Gasteiger charge is 2.41. The number of aryl methyl sites for hydroxylation is 2. The number of piperidine rings is 1. The van der Waals surface area contributed by atoms with Crippen LogP contribution in [0.15, 0.2) is 17.0 Å². The van der Waals surface area contributed by atoms with Gasteiger partial charge in [-0.05, 0) is 32.6 Å². The van der Waals surface area contributed by atoms with E-state index in [4.69, 9.17) is 4.52 Å². The summed E-state index contributed by atoms with van der Waals surface area (Å²) in [7, 11) is 0. The molecule has 2 aliphatic rings. The predicted octanol–water partition coefficient (Wildman–Crippen LogP) is 1.89. The van der Waals surface area contributed by atoms with Crippen LogP contribution in [0.4, 0.5) is 10.2 Å². The molecule has 0 aliphatic carbocycles. The molecule has 2 aromatic heterocycles. The van der Waals surface area contributed by atoms with Crippen molar-refractivity contribution in [1.82, 2.24) is 20.0 Å². The largest absolute Gasteiger partial charge is 0.361 e. The van der Waals surface area contributed by atoms with Gasteiger partial charge >= 0.3 is 0 Å². The average Bonchev–Trinajstić information content (AvgIpc) is 3.20. The molecule has 2 aromatic rings. The second-order valence-corrected chi connectivity index (χ2v) is 7.11. The first kappa shape index (κ1) is 16.9. The van der Waals surface area contributed by atoms with E-state index in [0.717, 1.165) is 37.2 Å². The fourth-order valence-electron chi connectivity index (χ4n) is 4.19. The molecule has 2 atom stereocenters. The normalized spacial score (nSPS) is 22.6. The van der Waals surface area contributed by atoms with Gasteiger partial charge in [-0.25, -0.2) is 14.4 Å². The molecular weight excluding hydrogens is 337 g/mol. The van der Waals surface area contributed by atoms with Gasteiger partial charge in [-0.3, -0.25) is 4.79 Å². The summed E-state index contributed by atoms with van der Waals surface area (Å²) < 4.78 is 19.2. The summed E-state index contributed by atoms with van der Waals surface area (Å²) in [6.45, 7) is 5.78. The minimum atomic E-state index is -0.419. The number of hydrogen-bond donors (Lipinski definition) is 0. The summed E-state index contributed by atoms with van der Waals surface area (Å²) in [6.07, 6.45) is 4.77. The van der Waals surface area contributed by atoms with Crippen molar-refractivity contribution in [3.8, 4) is 0 Å². The third-order valence-corrected chi connectivity index (χ3v) is 5.64. The Labute approximate surface area is 151 Å². The molecule has 1 amide bonds. The van der Waals surface area contributed by atoms with E-state index in [1.165, 1.54) is 12.5 Å². The number of nitrogens with zero attached hydrogens (tertiary/aromatic N) is 5. The Bertz CT molecular complexity index is 804. The molecule has 4 heterocycles. The van der Waals surface area contributed by atoms with Gasteiger partial charge in [-0.1, -0.05) is 5.16 Å². The molecule has 2 saturated heterocycles. The second kappa shape index (κ2) is 6.66. The van der Waals surface area contributed by atoms with Crippen molar-refractivity contribution in [3.05, 3.63) is 35.4 Å². The third kappa shape index (κ3) is 2.93. The highest BCUT2D eigenvalue weighted by Crippen LogP contribution is 2.34. The van der Waals surface area contributed by atoms with Gasteiger partial charge in [0.25, 0.3) is 0 Å². The van der Waals surface area contributed by atoms with E-state index < -0.39 is 5.82 Å². The molecule has 8 heteroatoms. The maximum absolute atomic E-state index is 14.0. The van der Waals surface area contributed by atoms with Crippen LogP contribution in [-0.4, -0.2) is 51.6 Å². The van der Waals surface area contributed by atoms with E-state index in [1.54, 1.807) is 0 Å². The summed E-state index contributed by atoms with van der Waals surface area (Å²) in [6, 6.07) is 0.0890. The van der Waals surface area contributed by atoms with Gasteiger partial charge in [0.15, 0.2) is 11.6 Å². The monoisotopic (exact) mass is 359 g/mol. The summed E-state index contributed by atoms with van der Waals surface area (Å²) in [5.41, 5.74) is 1.63. The highest BCUT2D eigenvalue weighted by molar-refractivity contribution is 5.80. The molecule has 4 rings (SSSR count). The van der Waals surface area contributed by atoms with Crippen LogP contribution in [0.5, 0.6) is 0 Å². The van der Waals surface area contributed by atoms with Crippen LogP contribution in [0.2, 0.25) is 0 Å². The van der Waals surface area contributed by atoms with Crippen LogP contribution in [0.25, 0.3) is 0 Å². The number of aromatic nitrogens is 3. The molecule has 0 radical (unpaired) electrons. The minimum absolute atomic E-state index is 0.0805. The van der Waals surface area contributed by atoms with Gasteiger partial charge < -0.3 is 14.3 Å². The zero-order chi connectivity index (χ0) is 18.3.